The van der Waals surface area contributed by atoms with E-state index in [1.807, 2.05) is 54.3 Å². The van der Waals surface area contributed by atoms with Crippen molar-refractivity contribution >= 4 is 11.6 Å². The van der Waals surface area contributed by atoms with E-state index in [1.165, 1.54) is 5.56 Å². The van der Waals surface area contributed by atoms with Gasteiger partial charge in [0.2, 0.25) is 0 Å². The maximum Gasteiger partial charge on any atom is 0.265 e. The summed E-state index contributed by atoms with van der Waals surface area (Å²) >= 11 is 0. The first kappa shape index (κ1) is 13.7. The van der Waals surface area contributed by atoms with Crippen LogP contribution in [0.1, 0.15) is 18.1 Å². The lowest BCUT2D eigenvalue weighted by atomic mass is 10.1. The van der Waals surface area contributed by atoms with Crippen LogP contribution < -0.4 is 9.64 Å². The highest BCUT2D eigenvalue weighted by atomic mass is 16.5. The van der Waals surface area contributed by atoms with Gasteiger partial charge in [0.1, 0.15) is 5.75 Å². The Bertz CT molecular complexity index is 666. The molecule has 0 fully saturated rings. The lowest BCUT2D eigenvalue weighted by Crippen LogP contribution is -2.39. The van der Waals surface area contributed by atoms with Crippen molar-refractivity contribution in [1.82, 2.24) is 0 Å². The molecule has 0 N–H and O–H groups in total. The Balaban J connectivity index is 1.73. The molecule has 2 aromatic carbocycles. The van der Waals surface area contributed by atoms with Gasteiger partial charge >= 0.3 is 0 Å². The topological polar surface area (TPSA) is 29.5 Å². The fourth-order valence-corrected chi connectivity index (χ4v) is 2.87. The molecule has 1 aliphatic rings. The fourth-order valence-electron chi connectivity index (χ4n) is 2.87. The molecule has 1 amide bonds. The van der Waals surface area contributed by atoms with Crippen molar-refractivity contribution in [2.45, 2.75) is 26.3 Å². The van der Waals surface area contributed by atoms with Crippen LogP contribution in [0.15, 0.2) is 48.5 Å². The molecule has 3 nitrogen and oxygen atoms in total. The lowest BCUT2D eigenvalue weighted by molar-refractivity contribution is -0.120. The van der Waals surface area contributed by atoms with Crippen LogP contribution in [0.2, 0.25) is 0 Å². The zero-order valence-electron chi connectivity index (χ0n) is 12.4. The zero-order chi connectivity index (χ0) is 14.8. The Kier molecular flexibility index (Phi) is 3.65. The number of hydrogen-bond donors (Lipinski definition) is 0. The molecular weight excluding hydrogens is 262 g/mol. The Hall–Kier alpha value is -2.29. The van der Waals surface area contributed by atoms with Crippen LogP contribution in [0.25, 0.3) is 0 Å². The Labute approximate surface area is 125 Å². The molecule has 0 aliphatic carbocycles. The average molecular weight is 281 g/mol. The highest BCUT2D eigenvalue weighted by Gasteiger charge is 2.30. The molecule has 0 unspecified atom stereocenters. The van der Waals surface area contributed by atoms with Crippen LogP contribution in [-0.2, 0) is 11.2 Å². The molecule has 3 rings (SSSR count). The molecule has 21 heavy (non-hydrogen) atoms. The number of benzene rings is 2. The van der Waals surface area contributed by atoms with E-state index in [2.05, 4.69) is 13.0 Å². The number of rotatable bonds is 3. The van der Waals surface area contributed by atoms with Crippen LogP contribution >= 0.6 is 0 Å². The number of hydrogen-bond acceptors (Lipinski definition) is 2. The summed E-state index contributed by atoms with van der Waals surface area (Å²) in [6.07, 6.45) is 0.909. The van der Waals surface area contributed by atoms with Gasteiger partial charge < -0.3 is 9.64 Å². The molecule has 0 saturated heterocycles. The number of carbonyl (C=O) groups is 1. The second-order valence-electron chi connectivity index (χ2n) is 5.50. The zero-order valence-corrected chi connectivity index (χ0v) is 12.4. The van der Waals surface area contributed by atoms with Gasteiger partial charge in [-0.3, -0.25) is 4.79 Å². The molecule has 0 bridgehead atoms. The van der Waals surface area contributed by atoms with Crippen LogP contribution in [0.4, 0.5) is 5.69 Å². The molecule has 108 valence electrons. The Morgan fingerprint density at radius 1 is 1.19 bits per heavy atom. The molecule has 3 heteroatoms. The minimum Gasteiger partial charge on any atom is -0.483 e. The number of nitrogens with zero attached hydrogens (tertiary/aromatic N) is 1. The van der Waals surface area contributed by atoms with Gasteiger partial charge in [0.25, 0.3) is 5.91 Å². The van der Waals surface area contributed by atoms with E-state index in [0.29, 0.717) is 0 Å². The summed E-state index contributed by atoms with van der Waals surface area (Å²) in [7, 11) is 0. The first-order valence-corrected chi connectivity index (χ1v) is 7.25. The van der Waals surface area contributed by atoms with Gasteiger partial charge in [0, 0.05) is 11.7 Å². The summed E-state index contributed by atoms with van der Waals surface area (Å²) in [5, 5.41) is 0. The molecule has 1 atom stereocenters. The molecule has 0 saturated carbocycles. The molecule has 0 spiro atoms. The Morgan fingerprint density at radius 2 is 1.90 bits per heavy atom. The van der Waals surface area contributed by atoms with Crippen molar-refractivity contribution in [3.05, 3.63) is 59.7 Å². The minimum atomic E-state index is 0.00991. The Morgan fingerprint density at radius 3 is 2.71 bits per heavy atom. The molecule has 1 aliphatic heterocycles. The van der Waals surface area contributed by atoms with E-state index in [9.17, 15) is 4.79 Å². The minimum absolute atomic E-state index is 0.00991. The van der Waals surface area contributed by atoms with E-state index in [-0.39, 0.29) is 18.6 Å². The third-order valence-electron chi connectivity index (χ3n) is 3.92. The maximum absolute atomic E-state index is 12.5. The molecule has 2 aromatic rings. The second-order valence-corrected chi connectivity index (χ2v) is 5.50. The van der Waals surface area contributed by atoms with Gasteiger partial charge in [-0.1, -0.05) is 36.4 Å². The van der Waals surface area contributed by atoms with Crippen molar-refractivity contribution in [3.8, 4) is 5.75 Å². The van der Waals surface area contributed by atoms with Crippen molar-refractivity contribution < 1.29 is 9.53 Å². The monoisotopic (exact) mass is 281 g/mol. The maximum atomic E-state index is 12.5. The molecule has 1 heterocycles. The number of aryl methyl sites for hydroxylation is 1. The summed E-state index contributed by atoms with van der Waals surface area (Å²) in [5.74, 6) is 0.779. The van der Waals surface area contributed by atoms with E-state index in [4.69, 9.17) is 4.74 Å². The summed E-state index contributed by atoms with van der Waals surface area (Å²) in [4.78, 5) is 14.4. The van der Waals surface area contributed by atoms with E-state index >= 15 is 0 Å². The number of ether oxygens (including phenoxy) is 1. The fraction of sp³-hybridized carbons (Fsp3) is 0.278. The van der Waals surface area contributed by atoms with Crippen LogP contribution in [-0.4, -0.2) is 18.6 Å². The molecular formula is C18H19NO2. The number of fused-ring (bicyclic) bond motifs is 1. The predicted octanol–water partition coefficient (Wildman–Crippen LogP) is 3.35. The summed E-state index contributed by atoms with van der Waals surface area (Å²) in [6, 6.07) is 16.0. The van der Waals surface area contributed by atoms with E-state index < -0.39 is 0 Å². The second kappa shape index (κ2) is 5.60. The van der Waals surface area contributed by atoms with Gasteiger partial charge in [-0.25, -0.2) is 0 Å². The van der Waals surface area contributed by atoms with Crippen LogP contribution in [0.5, 0.6) is 5.75 Å². The highest BCUT2D eigenvalue weighted by molar-refractivity contribution is 5.97. The predicted molar refractivity (Wildman–Crippen MR) is 83.8 cm³/mol. The number of anilines is 1. The van der Waals surface area contributed by atoms with Crippen molar-refractivity contribution in [2.75, 3.05) is 11.5 Å². The third kappa shape index (κ3) is 2.64. The van der Waals surface area contributed by atoms with Crippen LogP contribution in [0, 0.1) is 6.92 Å². The summed E-state index contributed by atoms with van der Waals surface area (Å²) < 4.78 is 5.68. The first-order chi connectivity index (χ1) is 10.2. The van der Waals surface area contributed by atoms with Gasteiger partial charge in [-0.05, 0) is 43.5 Å². The molecule has 0 aromatic heterocycles. The number of para-hydroxylation sites is 2. The smallest absolute Gasteiger partial charge is 0.265 e. The van der Waals surface area contributed by atoms with E-state index in [0.717, 1.165) is 23.4 Å². The van der Waals surface area contributed by atoms with Gasteiger partial charge in [-0.2, -0.15) is 0 Å². The van der Waals surface area contributed by atoms with Crippen molar-refractivity contribution in [1.29, 1.82) is 0 Å². The van der Waals surface area contributed by atoms with E-state index in [1.54, 1.807) is 0 Å². The lowest BCUT2D eigenvalue weighted by Gasteiger charge is -2.23. The quantitative estimate of drug-likeness (QED) is 0.863. The third-order valence-corrected chi connectivity index (χ3v) is 3.92. The standard InChI is InChI=1S/C18H19NO2/c1-13-7-3-6-10-17(13)21-12-18(20)19-14(2)11-15-8-4-5-9-16(15)19/h3-10,14H,11-12H2,1-2H3/t14-/m1/s1. The van der Waals surface area contributed by atoms with Crippen molar-refractivity contribution in [2.24, 2.45) is 0 Å². The van der Waals surface area contributed by atoms with Gasteiger partial charge in [0.15, 0.2) is 6.61 Å². The largest absolute Gasteiger partial charge is 0.483 e. The first-order valence-electron chi connectivity index (χ1n) is 7.25. The summed E-state index contributed by atoms with van der Waals surface area (Å²) in [6.45, 7) is 4.13. The summed E-state index contributed by atoms with van der Waals surface area (Å²) in [5.41, 5.74) is 3.29. The number of amides is 1. The normalized spacial score (nSPS) is 16.7. The number of carbonyl (C=O) groups excluding carboxylic acids is 1. The van der Waals surface area contributed by atoms with Gasteiger partial charge in [0.05, 0.1) is 0 Å². The van der Waals surface area contributed by atoms with Crippen LogP contribution in [0.3, 0.4) is 0 Å². The molecule has 0 radical (unpaired) electrons. The van der Waals surface area contributed by atoms with Crippen molar-refractivity contribution in [3.63, 3.8) is 0 Å². The SMILES string of the molecule is Cc1ccccc1OCC(=O)N1c2ccccc2C[C@H]1C. The highest BCUT2D eigenvalue weighted by Crippen LogP contribution is 2.31. The van der Waals surface area contributed by atoms with Gasteiger partial charge in [-0.15, -0.1) is 0 Å². The average Bonchev–Trinajstić information content (AvgIpc) is 2.82.